The molecule has 0 unspecified atom stereocenters. The van der Waals surface area contributed by atoms with E-state index in [4.69, 9.17) is 4.74 Å². The number of carbonyl (C=O) groups excluding carboxylic acids is 2. The topological polar surface area (TPSA) is 64.6 Å². The molecular formula is C9H17NO4. The monoisotopic (exact) mass is 203 g/mol. The van der Waals surface area contributed by atoms with E-state index >= 15 is 0 Å². The van der Waals surface area contributed by atoms with E-state index in [1.54, 1.807) is 34.6 Å². The molecule has 0 heterocycles. The Labute approximate surface area is 83.7 Å². The van der Waals surface area contributed by atoms with Crippen LogP contribution in [0.2, 0.25) is 0 Å². The number of hydroxylamine groups is 1. The van der Waals surface area contributed by atoms with Gasteiger partial charge in [-0.2, -0.15) is 0 Å². The number of amides is 1. The van der Waals surface area contributed by atoms with Crippen molar-refractivity contribution in [2.24, 2.45) is 5.92 Å². The predicted molar refractivity (Wildman–Crippen MR) is 50.3 cm³/mol. The lowest BCUT2D eigenvalue weighted by atomic mass is 10.2. The smallest absolute Gasteiger partial charge is 0.441 e. The van der Waals surface area contributed by atoms with Crippen molar-refractivity contribution in [1.82, 2.24) is 5.48 Å². The SMILES string of the molecule is CC(C)C(=O)ONC(=O)OC(C)(C)C. The zero-order valence-electron chi connectivity index (χ0n) is 9.21. The van der Waals surface area contributed by atoms with Gasteiger partial charge in [0.1, 0.15) is 5.60 Å². The first-order chi connectivity index (χ1) is 6.22. The van der Waals surface area contributed by atoms with Crippen molar-refractivity contribution in [3.8, 4) is 0 Å². The van der Waals surface area contributed by atoms with Gasteiger partial charge in [0, 0.05) is 0 Å². The third-order valence-electron chi connectivity index (χ3n) is 1.11. The number of hydrogen-bond acceptors (Lipinski definition) is 4. The number of hydrogen-bond donors (Lipinski definition) is 1. The first kappa shape index (κ1) is 12.7. The standard InChI is InChI=1S/C9H17NO4/c1-6(2)7(11)14-10-8(12)13-9(3,4)5/h6H,1-5H3,(H,10,12). The van der Waals surface area contributed by atoms with E-state index < -0.39 is 17.7 Å². The second-order valence-corrected chi connectivity index (χ2v) is 4.18. The van der Waals surface area contributed by atoms with Crippen LogP contribution >= 0.6 is 0 Å². The van der Waals surface area contributed by atoms with Crippen molar-refractivity contribution in [2.45, 2.75) is 40.2 Å². The quantitative estimate of drug-likeness (QED) is 0.658. The molecule has 1 amide bonds. The van der Waals surface area contributed by atoms with Gasteiger partial charge in [0.2, 0.25) is 0 Å². The molecule has 0 aliphatic heterocycles. The van der Waals surface area contributed by atoms with E-state index in [0.29, 0.717) is 0 Å². The van der Waals surface area contributed by atoms with Crippen molar-refractivity contribution >= 4 is 12.1 Å². The van der Waals surface area contributed by atoms with E-state index in [0.717, 1.165) is 0 Å². The normalized spacial score (nSPS) is 11.0. The fourth-order valence-corrected chi connectivity index (χ4v) is 0.509. The number of nitrogens with one attached hydrogen (secondary N) is 1. The van der Waals surface area contributed by atoms with Gasteiger partial charge < -0.3 is 9.57 Å². The van der Waals surface area contributed by atoms with Crippen molar-refractivity contribution in [2.75, 3.05) is 0 Å². The van der Waals surface area contributed by atoms with Gasteiger partial charge in [0.15, 0.2) is 0 Å². The molecule has 0 bridgehead atoms. The molecule has 0 radical (unpaired) electrons. The first-order valence-electron chi connectivity index (χ1n) is 4.42. The van der Waals surface area contributed by atoms with Crippen LogP contribution in [0.5, 0.6) is 0 Å². The minimum atomic E-state index is -0.772. The Balaban J connectivity index is 3.81. The van der Waals surface area contributed by atoms with Gasteiger partial charge in [-0.15, -0.1) is 5.48 Å². The number of carbonyl (C=O) groups is 2. The summed E-state index contributed by atoms with van der Waals surface area (Å²) in [6, 6.07) is 0. The maximum atomic E-state index is 11.0. The summed E-state index contributed by atoms with van der Waals surface area (Å²) < 4.78 is 4.84. The Morgan fingerprint density at radius 1 is 1.21 bits per heavy atom. The highest BCUT2D eigenvalue weighted by Crippen LogP contribution is 2.06. The lowest BCUT2D eigenvalue weighted by molar-refractivity contribution is -0.154. The van der Waals surface area contributed by atoms with Crippen LogP contribution in [0.4, 0.5) is 4.79 Å². The highest BCUT2D eigenvalue weighted by Gasteiger charge is 2.17. The van der Waals surface area contributed by atoms with Gasteiger partial charge in [-0.25, -0.2) is 9.59 Å². The molecule has 0 aliphatic carbocycles. The second kappa shape index (κ2) is 4.83. The lowest BCUT2D eigenvalue weighted by Crippen LogP contribution is -2.34. The summed E-state index contributed by atoms with van der Waals surface area (Å²) >= 11 is 0. The summed E-state index contributed by atoms with van der Waals surface area (Å²) in [4.78, 5) is 26.3. The van der Waals surface area contributed by atoms with Gasteiger partial charge in [0.05, 0.1) is 5.92 Å². The van der Waals surface area contributed by atoms with Gasteiger partial charge in [-0.3, -0.25) is 0 Å². The minimum absolute atomic E-state index is 0.287. The Kier molecular flexibility index (Phi) is 4.40. The summed E-state index contributed by atoms with van der Waals surface area (Å²) in [7, 11) is 0. The molecule has 14 heavy (non-hydrogen) atoms. The van der Waals surface area contributed by atoms with Gasteiger partial charge in [-0.1, -0.05) is 13.8 Å². The first-order valence-corrected chi connectivity index (χ1v) is 4.42. The molecule has 5 heteroatoms. The molecule has 0 saturated carbocycles. The van der Waals surface area contributed by atoms with Gasteiger partial charge in [0.25, 0.3) is 0 Å². The maximum absolute atomic E-state index is 11.0. The predicted octanol–water partition coefficient (Wildman–Crippen LogP) is 1.63. The van der Waals surface area contributed by atoms with Crippen LogP contribution in [0.1, 0.15) is 34.6 Å². The average Bonchev–Trinajstić information content (AvgIpc) is 1.96. The molecular weight excluding hydrogens is 186 g/mol. The third-order valence-corrected chi connectivity index (χ3v) is 1.11. The zero-order chi connectivity index (χ0) is 11.4. The Morgan fingerprint density at radius 3 is 2.07 bits per heavy atom. The van der Waals surface area contributed by atoms with Crippen LogP contribution in [-0.4, -0.2) is 17.7 Å². The van der Waals surface area contributed by atoms with Crippen LogP contribution in [-0.2, 0) is 14.4 Å². The fraction of sp³-hybridized carbons (Fsp3) is 0.778. The molecule has 0 saturated heterocycles. The van der Waals surface area contributed by atoms with E-state index in [9.17, 15) is 9.59 Å². The molecule has 0 fully saturated rings. The molecule has 5 nitrogen and oxygen atoms in total. The number of ether oxygens (including phenoxy) is 1. The van der Waals surface area contributed by atoms with E-state index in [-0.39, 0.29) is 5.92 Å². The molecule has 0 aromatic carbocycles. The lowest BCUT2D eigenvalue weighted by Gasteiger charge is -2.19. The average molecular weight is 203 g/mol. The molecule has 0 atom stereocenters. The molecule has 0 aromatic rings. The summed E-state index contributed by atoms with van der Waals surface area (Å²) in [5.41, 5.74) is 1.31. The van der Waals surface area contributed by atoms with Crippen molar-refractivity contribution in [3.63, 3.8) is 0 Å². The van der Waals surface area contributed by atoms with E-state index in [2.05, 4.69) is 4.84 Å². The fourth-order valence-electron chi connectivity index (χ4n) is 0.509. The van der Waals surface area contributed by atoms with E-state index in [1.807, 2.05) is 5.48 Å². The highest BCUT2D eigenvalue weighted by molar-refractivity contribution is 5.74. The summed E-state index contributed by atoms with van der Waals surface area (Å²) in [5.74, 6) is -0.791. The van der Waals surface area contributed by atoms with Gasteiger partial charge >= 0.3 is 12.1 Å². The molecule has 0 rings (SSSR count). The zero-order valence-corrected chi connectivity index (χ0v) is 9.21. The minimum Gasteiger partial charge on any atom is -0.442 e. The van der Waals surface area contributed by atoms with E-state index in [1.165, 1.54) is 0 Å². The summed E-state index contributed by atoms with van der Waals surface area (Å²) in [5, 5.41) is 0. The molecule has 82 valence electrons. The Bertz CT molecular complexity index is 217. The summed E-state index contributed by atoms with van der Waals surface area (Å²) in [6.45, 7) is 8.49. The second-order valence-electron chi connectivity index (χ2n) is 4.18. The Morgan fingerprint density at radius 2 is 1.71 bits per heavy atom. The Hall–Kier alpha value is -1.26. The van der Waals surface area contributed by atoms with Gasteiger partial charge in [-0.05, 0) is 20.8 Å². The third kappa shape index (κ3) is 6.28. The van der Waals surface area contributed by atoms with Crippen molar-refractivity contribution in [1.29, 1.82) is 0 Å². The largest absolute Gasteiger partial charge is 0.442 e. The molecule has 0 spiro atoms. The summed E-state index contributed by atoms with van der Waals surface area (Å²) in [6.07, 6.45) is -0.772. The van der Waals surface area contributed by atoms with Crippen LogP contribution in [0.15, 0.2) is 0 Å². The number of rotatable bonds is 1. The van der Waals surface area contributed by atoms with Crippen LogP contribution in [0.3, 0.4) is 0 Å². The van der Waals surface area contributed by atoms with Crippen LogP contribution in [0.25, 0.3) is 0 Å². The van der Waals surface area contributed by atoms with Crippen molar-refractivity contribution in [3.05, 3.63) is 0 Å². The van der Waals surface area contributed by atoms with Crippen molar-refractivity contribution < 1.29 is 19.2 Å². The highest BCUT2D eigenvalue weighted by atomic mass is 16.7. The molecule has 1 N–H and O–H groups in total. The van der Waals surface area contributed by atoms with Crippen LogP contribution in [0, 0.1) is 5.92 Å². The molecule has 0 aromatic heterocycles. The van der Waals surface area contributed by atoms with Crippen LogP contribution < -0.4 is 5.48 Å². The molecule has 0 aliphatic rings. The maximum Gasteiger partial charge on any atom is 0.441 e.